The van der Waals surface area contributed by atoms with E-state index in [0.29, 0.717) is 12.2 Å². The van der Waals surface area contributed by atoms with Crippen LogP contribution < -0.4 is 14.2 Å². The number of piperidine rings is 1. The number of aliphatic hydroxyl groups is 1. The molecule has 37 heavy (non-hydrogen) atoms. The Balaban J connectivity index is 1.21. The van der Waals surface area contributed by atoms with Crippen LogP contribution in [0.3, 0.4) is 0 Å². The zero-order chi connectivity index (χ0) is 25.5. The summed E-state index contributed by atoms with van der Waals surface area (Å²) in [4.78, 5) is 38.6. The van der Waals surface area contributed by atoms with E-state index >= 15 is 0 Å². The van der Waals surface area contributed by atoms with Crippen molar-refractivity contribution in [3.05, 3.63) is 57.6 Å². The van der Waals surface area contributed by atoms with Gasteiger partial charge in [0, 0.05) is 42.6 Å². The Kier molecular flexibility index (Phi) is 4.90. The van der Waals surface area contributed by atoms with Gasteiger partial charge in [0.15, 0.2) is 23.4 Å². The van der Waals surface area contributed by atoms with Crippen molar-refractivity contribution in [2.24, 2.45) is 11.8 Å². The number of rotatable bonds is 5. The number of carbonyl (C=O) groups excluding carboxylic acids is 2. The molecule has 0 amide bonds. The number of aliphatic hydroxyl groups excluding tert-OH is 1. The van der Waals surface area contributed by atoms with Gasteiger partial charge in [-0.05, 0) is 61.9 Å². The molecule has 192 valence electrons. The number of benzene rings is 2. The maximum absolute atomic E-state index is 13.2. The van der Waals surface area contributed by atoms with Crippen molar-refractivity contribution in [2.75, 3.05) is 13.1 Å². The van der Waals surface area contributed by atoms with Crippen LogP contribution in [0.2, 0.25) is 0 Å². The Bertz CT molecular complexity index is 1320. The quantitative estimate of drug-likeness (QED) is 0.281. The number of hydrogen-bond donors (Lipinski definition) is 1. The number of likely N-dealkylation sites (tertiary alicyclic amines) is 1. The Morgan fingerprint density at radius 1 is 1.16 bits per heavy atom. The molecule has 2 aliphatic heterocycles. The summed E-state index contributed by atoms with van der Waals surface area (Å²) in [5.74, 6) is 1.11. The average Bonchev–Trinajstić information content (AvgIpc) is 3.61. The molecule has 3 fully saturated rings. The molecule has 2 saturated carbocycles. The first-order chi connectivity index (χ1) is 17.8. The summed E-state index contributed by atoms with van der Waals surface area (Å²) in [6, 6.07) is 8.83. The fourth-order valence-corrected chi connectivity index (χ4v) is 7.24. The molecular formula is C27H26N2O8. The van der Waals surface area contributed by atoms with E-state index in [2.05, 4.69) is 4.90 Å². The minimum absolute atomic E-state index is 0.0621. The lowest BCUT2D eigenvalue weighted by Crippen LogP contribution is -2.70. The van der Waals surface area contributed by atoms with Gasteiger partial charge >= 0.3 is 6.16 Å². The van der Waals surface area contributed by atoms with E-state index in [-0.39, 0.29) is 41.4 Å². The molecule has 2 aromatic carbocycles. The Morgan fingerprint density at radius 2 is 1.95 bits per heavy atom. The second-order valence-electron chi connectivity index (χ2n) is 10.9. The van der Waals surface area contributed by atoms with E-state index in [4.69, 9.17) is 14.2 Å². The zero-order valence-electron chi connectivity index (χ0n) is 20.0. The van der Waals surface area contributed by atoms with Crippen LogP contribution in [-0.4, -0.2) is 58.2 Å². The van der Waals surface area contributed by atoms with Crippen LogP contribution >= 0.6 is 0 Å². The summed E-state index contributed by atoms with van der Waals surface area (Å²) in [6.07, 6.45) is 1.54. The van der Waals surface area contributed by atoms with Gasteiger partial charge in [0.2, 0.25) is 0 Å². The maximum Gasteiger partial charge on any atom is 0.519 e. The van der Waals surface area contributed by atoms with Gasteiger partial charge in [0.1, 0.15) is 5.75 Å². The van der Waals surface area contributed by atoms with Crippen molar-refractivity contribution in [3.8, 4) is 17.2 Å². The molecule has 5 atom stereocenters. The molecule has 1 N–H and O–H groups in total. The van der Waals surface area contributed by atoms with Crippen molar-refractivity contribution < 1.29 is 33.8 Å². The van der Waals surface area contributed by atoms with E-state index in [1.165, 1.54) is 37.1 Å². The number of hydrogen-bond acceptors (Lipinski definition) is 9. The summed E-state index contributed by atoms with van der Waals surface area (Å²) in [6.45, 7) is 1.87. The van der Waals surface area contributed by atoms with Crippen LogP contribution in [0, 0.1) is 22.0 Å². The van der Waals surface area contributed by atoms with Gasteiger partial charge in [0.25, 0.3) is 5.69 Å². The lowest BCUT2D eigenvalue weighted by molar-refractivity contribution is -0.384. The summed E-state index contributed by atoms with van der Waals surface area (Å²) in [5, 5.41) is 22.0. The number of carbonyl (C=O) groups is 2. The van der Waals surface area contributed by atoms with Crippen LogP contribution in [0.1, 0.15) is 36.8 Å². The van der Waals surface area contributed by atoms with Crippen LogP contribution in [0.4, 0.5) is 10.5 Å². The predicted molar refractivity (Wildman–Crippen MR) is 128 cm³/mol. The van der Waals surface area contributed by atoms with Crippen molar-refractivity contribution in [2.45, 2.75) is 55.8 Å². The third-order valence-electron chi connectivity index (χ3n) is 8.85. The van der Waals surface area contributed by atoms with Gasteiger partial charge in [-0.1, -0.05) is 6.07 Å². The summed E-state index contributed by atoms with van der Waals surface area (Å²) < 4.78 is 17.1. The van der Waals surface area contributed by atoms with Crippen LogP contribution in [0.5, 0.6) is 17.2 Å². The minimum Gasteiger partial charge on any atom is -0.477 e. The van der Waals surface area contributed by atoms with E-state index < -0.39 is 28.7 Å². The number of nitrogens with zero attached hydrogens (tertiary/aromatic N) is 2. The molecule has 10 heteroatoms. The second kappa shape index (κ2) is 8.00. The highest BCUT2D eigenvalue weighted by Gasteiger charge is 2.68. The van der Waals surface area contributed by atoms with Crippen molar-refractivity contribution in [1.29, 1.82) is 0 Å². The molecule has 0 aromatic heterocycles. The first kappa shape index (κ1) is 22.7. The SMILES string of the molecule is O=C(Oc1ccc([N+](=O)[O-])cc1)Oc1ccc2c3c1O[C@H]1C(=O)C[C@H](O)C4[C@@H](C2)N(CC2CC2)CC[C@@]341. The standard InChI is InChI=1S/C27H26N2O8/c30-19-12-20(31)25-27-9-10-28(13-14-1-2-14)18(23(19)27)11-15-3-8-21(24(37-25)22(15)27)36-26(32)35-17-6-4-16(5-7-17)29(33)34/h3-8,14,18-19,23,25,30H,1-2,9-13H2/t18-,19+,23?,25+,27-/m1/s1. The predicted octanol–water partition coefficient (Wildman–Crippen LogP) is 3.16. The topological polar surface area (TPSA) is 128 Å². The molecule has 1 unspecified atom stereocenters. The Labute approximate surface area is 212 Å². The second-order valence-corrected chi connectivity index (χ2v) is 10.9. The highest BCUT2D eigenvalue weighted by atomic mass is 16.7. The number of nitro benzene ring substituents is 1. The Morgan fingerprint density at radius 3 is 2.68 bits per heavy atom. The highest BCUT2D eigenvalue weighted by Crippen LogP contribution is 2.63. The lowest BCUT2D eigenvalue weighted by Gasteiger charge is -2.59. The largest absolute Gasteiger partial charge is 0.519 e. The first-order valence-electron chi connectivity index (χ1n) is 12.8. The number of ether oxygens (including phenoxy) is 3. The summed E-state index contributed by atoms with van der Waals surface area (Å²) in [5.41, 5.74) is 1.20. The molecule has 10 nitrogen and oxygen atoms in total. The average molecular weight is 507 g/mol. The third-order valence-corrected chi connectivity index (χ3v) is 8.85. The molecule has 0 radical (unpaired) electrons. The molecule has 7 rings (SSSR count). The van der Waals surface area contributed by atoms with Gasteiger partial charge in [-0.3, -0.25) is 19.8 Å². The van der Waals surface area contributed by atoms with Gasteiger partial charge in [0.05, 0.1) is 16.4 Å². The number of non-ortho nitro benzene ring substituents is 1. The summed E-state index contributed by atoms with van der Waals surface area (Å²) >= 11 is 0. The van der Waals surface area contributed by atoms with Crippen LogP contribution in [0.15, 0.2) is 36.4 Å². The minimum atomic E-state index is -1.02. The van der Waals surface area contributed by atoms with Gasteiger partial charge in [-0.2, -0.15) is 0 Å². The lowest BCUT2D eigenvalue weighted by atomic mass is 9.51. The highest BCUT2D eigenvalue weighted by molar-refractivity contribution is 5.90. The third kappa shape index (κ3) is 3.39. The molecule has 2 aromatic rings. The molecular weight excluding hydrogens is 480 g/mol. The molecule has 2 bridgehead atoms. The molecule has 3 aliphatic carbocycles. The fraction of sp³-hybridized carbons (Fsp3) is 0.481. The van der Waals surface area contributed by atoms with Crippen molar-refractivity contribution >= 4 is 17.6 Å². The monoisotopic (exact) mass is 506 g/mol. The molecule has 1 saturated heterocycles. The number of Topliss-reactive ketones (excluding diaryl/α,β-unsaturated/α-hetero) is 1. The molecule has 1 spiro atoms. The zero-order valence-corrected chi connectivity index (χ0v) is 20.0. The van der Waals surface area contributed by atoms with E-state index in [1.807, 2.05) is 6.07 Å². The van der Waals surface area contributed by atoms with Crippen molar-refractivity contribution in [1.82, 2.24) is 4.90 Å². The van der Waals surface area contributed by atoms with Crippen LogP contribution in [-0.2, 0) is 16.6 Å². The van der Waals surface area contributed by atoms with E-state index in [1.54, 1.807) is 6.07 Å². The first-order valence-corrected chi connectivity index (χ1v) is 12.8. The smallest absolute Gasteiger partial charge is 0.477 e. The van der Waals surface area contributed by atoms with Crippen molar-refractivity contribution in [3.63, 3.8) is 0 Å². The molecule has 2 heterocycles. The van der Waals surface area contributed by atoms with Gasteiger partial charge < -0.3 is 19.3 Å². The van der Waals surface area contributed by atoms with Crippen LogP contribution in [0.25, 0.3) is 0 Å². The summed E-state index contributed by atoms with van der Waals surface area (Å²) in [7, 11) is 0. The normalized spacial score (nSPS) is 31.3. The van der Waals surface area contributed by atoms with E-state index in [9.17, 15) is 24.8 Å². The Hall–Kier alpha value is -3.50. The number of ketones is 1. The number of nitro groups is 1. The molecule has 5 aliphatic rings. The maximum atomic E-state index is 13.2. The van der Waals surface area contributed by atoms with Gasteiger partial charge in [-0.25, -0.2) is 4.79 Å². The van der Waals surface area contributed by atoms with E-state index in [0.717, 1.165) is 36.6 Å². The van der Waals surface area contributed by atoms with Gasteiger partial charge in [-0.15, -0.1) is 0 Å². The fourth-order valence-electron chi connectivity index (χ4n) is 7.24.